The topological polar surface area (TPSA) is 117 Å². The molecule has 0 bridgehead atoms. The first-order valence-electron chi connectivity index (χ1n) is 12.6. The van der Waals surface area contributed by atoms with Gasteiger partial charge in [0.15, 0.2) is 0 Å². The number of halogens is 4. The number of hydrogen-bond acceptors (Lipinski definition) is 8. The quantitative estimate of drug-likeness (QED) is 0.0904. The van der Waals surface area contributed by atoms with Crippen LogP contribution in [0.15, 0.2) is 64.8 Å². The van der Waals surface area contributed by atoms with Crippen LogP contribution in [0.4, 0.5) is 18.9 Å². The molecule has 0 spiro atoms. The minimum atomic E-state index is -5.04. The Bertz CT molecular complexity index is 1330. The average Bonchev–Trinajstić information content (AvgIpc) is 2.94. The number of allylic oxidation sites excluding steroid dienone is 1. The van der Waals surface area contributed by atoms with E-state index in [4.69, 9.17) is 9.47 Å². The number of nitrogens with zero attached hydrogens (tertiary/aromatic N) is 2. The highest BCUT2D eigenvalue weighted by Gasteiger charge is 2.52. The molecule has 0 radical (unpaired) electrons. The summed E-state index contributed by atoms with van der Waals surface area (Å²) in [5.74, 6) is -5.29. The van der Waals surface area contributed by atoms with Crippen molar-refractivity contribution in [2.75, 3.05) is 25.7 Å². The van der Waals surface area contributed by atoms with Crippen LogP contribution < -0.4 is 4.74 Å². The van der Waals surface area contributed by atoms with Crippen molar-refractivity contribution >= 4 is 39.3 Å². The second-order valence-corrected chi connectivity index (χ2v) is 9.89. The van der Waals surface area contributed by atoms with Gasteiger partial charge in [0.05, 0.1) is 30.8 Å². The molecule has 2 unspecified atom stereocenters. The number of carbonyl (C=O) groups excluding carboxylic acids is 2. The monoisotopic (exact) mass is 640 g/mol. The number of rotatable bonds is 12. The van der Waals surface area contributed by atoms with Gasteiger partial charge in [0.25, 0.3) is 5.69 Å². The Hall–Kier alpha value is -3.74. The van der Waals surface area contributed by atoms with E-state index < -0.39 is 46.3 Å². The molecule has 0 fully saturated rings. The van der Waals surface area contributed by atoms with Gasteiger partial charge in [-0.05, 0) is 43.0 Å². The summed E-state index contributed by atoms with van der Waals surface area (Å²) in [6.07, 6.45) is -2.86. The Morgan fingerprint density at radius 2 is 1.80 bits per heavy atom. The highest BCUT2D eigenvalue weighted by Crippen LogP contribution is 2.44. The van der Waals surface area contributed by atoms with E-state index in [9.17, 15) is 32.9 Å². The lowest BCUT2D eigenvalue weighted by atomic mass is 9.75. The summed E-state index contributed by atoms with van der Waals surface area (Å²) in [5, 5.41) is 12.3. The SMILES string of the molecule is COC(=O)C1C(C(F)(F)F)=NC(C)=C(C(=O)OCCc2ccc(OCCCCBr)cc2)C1c1cccc([N+](=O)[O-])c1. The van der Waals surface area contributed by atoms with Crippen molar-refractivity contribution in [2.45, 2.75) is 38.3 Å². The number of nitro groups is 1. The van der Waals surface area contributed by atoms with E-state index in [-0.39, 0.29) is 23.4 Å². The van der Waals surface area contributed by atoms with Gasteiger partial charge < -0.3 is 14.2 Å². The number of hydrogen-bond donors (Lipinski definition) is 0. The minimum Gasteiger partial charge on any atom is -0.494 e. The Balaban J connectivity index is 1.87. The molecule has 41 heavy (non-hydrogen) atoms. The number of esters is 2. The van der Waals surface area contributed by atoms with E-state index in [0.29, 0.717) is 18.8 Å². The first kappa shape index (κ1) is 31.8. The standard InChI is InChI=1S/C28H28BrF3N2O7/c1-17-22(27(36)41-15-12-18-8-10-21(11-9-18)40-14-4-3-13-29)23(19-6-5-7-20(16-19)34(37)38)24(26(35)39-2)25(33-17)28(30,31)32/h5-11,16,23-24H,3-4,12-15H2,1-2H3. The fraction of sp³-hybridized carbons (Fsp3) is 0.393. The normalized spacial score (nSPS) is 17.1. The van der Waals surface area contributed by atoms with Gasteiger partial charge in [-0.1, -0.05) is 40.2 Å². The smallest absolute Gasteiger partial charge is 0.430 e. The third-order valence-electron chi connectivity index (χ3n) is 6.37. The van der Waals surface area contributed by atoms with E-state index in [2.05, 4.69) is 25.7 Å². The fourth-order valence-electron chi connectivity index (χ4n) is 4.42. The van der Waals surface area contributed by atoms with Crippen molar-refractivity contribution in [3.63, 3.8) is 0 Å². The van der Waals surface area contributed by atoms with Crippen LogP contribution in [0.3, 0.4) is 0 Å². The predicted molar refractivity (Wildman–Crippen MR) is 147 cm³/mol. The van der Waals surface area contributed by atoms with Crippen LogP contribution in [0.1, 0.15) is 36.8 Å². The Labute approximate surface area is 242 Å². The third kappa shape index (κ3) is 8.15. The molecule has 1 aliphatic rings. The van der Waals surface area contributed by atoms with Crippen molar-refractivity contribution in [3.8, 4) is 5.75 Å². The Kier molecular flexibility index (Phi) is 11.0. The van der Waals surface area contributed by atoms with Crippen LogP contribution in [0.2, 0.25) is 0 Å². The number of methoxy groups -OCH3 is 1. The number of non-ortho nitro benzene ring substituents is 1. The van der Waals surface area contributed by atoms with Crippen molar-refractivity contribution in [1.82, 2.24) is 0 Å². The molecule has 3 rings (SSSR count). The summed E-state index contributed by atoms with van der Waals surface area (Å²) < 4.78 is 57.8. The summed E-state index contributed by atoms with van der Waals surface area (Å²) >= 11 is 3.36. The van der Waals surface area contributed by atoms with Crippen molar-refractivity contribution in [1.29, 1.82) is 0 Å². The highest BCUT2D eigenvalue weighted by atomic mass is 79.9. The van der Waals surface area contributed by atoms with Crippen molar-refractivity contribution in [3.05, 3.63) is 81.0 Å². The molecule has 220 valence electrons. The number of benzene rings is 2. The van der Waals surface area contributed by atoms with Crippen LogP contribution >= 0.6 is 15.9 Å². The predicted octanol–water partition coefficient (Wildman–Crippen LogP) is 6.10. The maximum atomic E-state index is 14.0. The van der Waals surface area contributed by atoms with E-state index in [0.717, 1.165) is 43.0 Å². The zero-order valence-electron chi connectivity index (χ0n) is 22.3. The van der Waals surface area contributed by atoms with E-state index in [1.807, 2.05) is 0 Å². The molecule has 9 nitrogen and oxygen atoms in total. The van der Waals surface area contributed by atoms with Crippen LogP contribution in [0.25, 0.3) is 0 Å². The molecule has 1 heterocycles. The summed E-state index contributed by atoms with van der Waals surface area (Å²) in [6.45, 7) is 1.64. The molecule has 0 N–H and O–H groups in total. The molecule has 0 aliphatic carbocycles. The highest BCUT2D eigenvalue weighted by molar-refractivity contribution is 9.09. The van der Waals surface area contributed by atoms with E-state index in [1.54, 1.807) is 24.3 Å². The molecule has 2 aromatic rings. The maximum absolute atomic E-state index is 14.0. The van der Waals surface area contributed by atoms with Gasteiger partial charge >= 0.3 is 18.1 Å². The van der Waals surface area contributed by atoms with Gasteiger partial charge in [-0.3, -0.25) is 19.9 Å². The number of alkyl halides is 4. The number of aliphatic imine (C=N–C) groups is 1. The van der Waals surface area contributed by atoms with Crippen molar-refractivity contribution in [2.24, 2.45) is 10.9 Å². The van der Waals surface area contributed by atoms with Gasteiger partial charge in [-0.25, -0.2) is 4.79 Å². The lowest BCUT2D eigenvalue weighted by Gasteiger charge is -2.32. The van der Waals surface area contributed by atoms with E-state index in [1.165, 1.54) is 19.1 Å². The zero-order valence-corrected chi connectivity index (χ0v) is 23.9. The van der Waals surface area contributed by atoms with Crippen molar-refractivity contribution < 1.29 is 41.9 Å². The molecule has 0 saturated heterocycles. The number of nitro benzene ring substituents is 1. The third-order valence-corrected chi connectivity index (χ3v) is 6.93. The summed E-state index contributed by atoms with van der Waals surface area (Å²) in [4.78, 5) is 40.2. The van der Waals surface area contributed by atoms with Gasteiger partial charge in [0, 0.05) is 35.5 Å². The molecule has 0 amide bonds. The molecule has 1 aliphatic heterocycles. The molecule has 13 heteroatoms. The molecular weight excluding hydrogens is 613 g/mol. The molecule has 2 aromatic carbocycles. The van der Waals surface area contributed by atoms with Gasteiger partial charge in [0.1, 0.15) is 17.4 Å². The second-order valence-electron chi connectivity index (χ2n) is 9.10. The van der Waals surface area contributed by atoms with Crippen LogP contribution in [0.5, 0.6) is 5.75 Å². The van der Waals surface area contributed by atoms with Gasteiger partial charge in [0.2, 0.25) is 0 Å². The number of carbonyl (C=O) groups is 2. The lowest BCUT2D eigenvalue weighted by molar-refractivity contribution is -0.384. The van der Waals surface area contributed by atoms with Crippen LogP contribution in [-0.4, -0.2) is 54.4 Å². The van der Waals surface area contributed by atoms with Crippen LogP contribution in [0, 0.1) is 16.0 Å². The largest absolute Gasteiger partial charge is 0.494 e. The van der Waals surface area contributed by atoms with Gasteiger partial charge in [-0.2, -0.15) is 13.2 Å². The minimum absolute atomic E-state index is 0.0655. The second kappa shape index (κ2) is 14.2. The molecule has 2 atom stereocenters. The van der Waals surface area contributed by atoms with E-state index >= 15 is 0 Å². The first-order chi connectivity index (χ1) is 19.5. The van der Waals surface area contributed by atoms with Gasteiger partial charge in [-0.15, -0.1) is 0 Å². The molecular formula is C28H28BrF3N2O7. The van der Waals surface area contributed by atoms with Crippen LogP contribution in [-0.2, 0) is 25.5 Å². The maximum Gasteiger partial charge on any atom is 0.430 e. The number of unbranched alkanes of at least 4 members (excludes halogenated alkanes) is 1. The number of ether oxygens (including phenoxy) is 3. The molecule has 0 aromatic heterocycles. The first-order valence-corrected chi connectivity index (χ1v) is 13.7. The Morgan fingerprint density at radius 3 is 2.41 bits per heavy atom. The lowest BCUT2D eigenvalue weighted by Crippen LogP contribution is -2.43. The fourth-order valence-corrected chi connectivity index (χ4v) is 4.81. The Morgan fingerprint density at radius 1 is 1.10 bits per heavy atom. The summed E-state index contributed by atoms with van der Waals surface area (Å²) in [6, 6.07) is 11.9. The summed E-state index contributed by atoms with van der Waals surface area (Å²) in [5.41, 5.74) is -1.78. The summed E-state index contributed by atoms with van der Waals surface area (Å²) in [7, 11) is 0.906. The molecule has 0 saturated carbocycles. The average molecular weight is 641 g/mol. The zero-order chi connectivity index (χ0) is 30.2.